The van der Waals surface area contributed by atoms with Crippen LogP contribution in [0.25, 0.3) is 17.0 Å². The third-order valence-corrected chi connectivity index (χ3v) is 4.82. The van der Waals surface area contributed by atoms with Gasteiger partial charge in [-0.25, -0.2) is 8.78 Å². The number of benzene rings is 1. The van der Waals surface area contributed by atoms with Crippen LogP contribution in [-0.2, 0) is 4.79 Å². The summed E-state index contributed by atoms with van der Waals surface area (Å²) in [6.07, 6.45) is 4.85. The Morgan fingerprint density at radius 1 is 1.23 bits per heavy atom. The van der Waals surface area contributed by atoms with Crippen molar-refractivity contribution in [3.05, 3.63) is 96.0 Å². The van der Waals surface area contributed by atoms with Crippen LogP contribution in [0, 0.1) is 18.6 Å². The molecule has 0 aliphatic carbocycles. The summed E-state index contributed by atoms with van der Waals surface area (Å²) in [5, 5.41) is 0. The van der Waals surface area contributed by atoms with Crippen molar-refractivity contribution in [1.29, 1.82) is 0 Å². The van der Waals surface area contributed by atoms with E-state index in [1.54, 1.807) is 38.4 Å². The molecule has 0 fully saturated rings. The number of hydrogen-bond acceptors (Lipinski definition) is 4. The first-order valence-corrected chi connectivity index (χ1v) is 9.56. The lowest BCUT2D eigenvalue weighted by molar-refractivity contribution is -0.115. The monoisotopic (exact) mass is 420 g/mol. The Bertz CT molecular complexity index is 1160. The number of carbonyl (C=O) groups excluding carboxylic acids is 1. The molecule has 1 amide bonds. The Morgan fingerprint density at radius 3 is 2.61 bits per heavy atom. The summed E-state index contributed by atoms with van der Waals surface area (Å²) in [6.45, 7) is 7.00. The molecule has 2 N–H and O–H groups in total. The number of nitrogens with zero attached hydrogens (tertiary/aromatic N) is 3. The van der Waals surface area contributed by atoms with Gasteiger partial charge in [0.1, 0.15) is 11.6 Å². The standard InChI is InChI=1S/C24H22F2N4O/c1-4-12-30(22-10-7-18(25)13-20(22)26)24(31)15(2)23(27)19-8-9-21(29-16(19)3)17-6-5-11-28-14-17/h4-11,13-14H,1,12,27H2,2-3H3/b23-15-. The van der Waals surface area contributed by atoms with E-state index in [-0.39, 0.29) is 23.5 Å². The van der Waals surface area contributed by atoms with Gasteiger partial charge in [-0.05, 0) is 50.2 Å². The highest BCUT2D eigenvalue weighted by molar-refractivity contribution is 6.09. The van der Waals surface area contributed by atoms with Gasteiger partial charge >= 0.3 is 0 Å². The van der Waals surface area contributed by atoms with Crippen molar-refractivity contribution in [3.63, 3.8) is 0 Å². The molecule has 0 aliphatic heterocycles. The van der Waals surface area contributed by atoms with Crippen molar-refractivity contribution < 1.29 is 13.6 Å². The number of hydrogen-bond donors (Lipinski definition) is 1. The Kier molecular flexibility index (Phi) is 6.55. The SMILES string of the molecule is C=CCN(C(=O)/C(C)=C(\N)c1ccc(-c2cccnc2)nc1C)c1ccc(F)cc1F. The van der Waals surface area contributed by atoms with E-state index >= 15 is 0 Å². The van der Waals surface area contributed by atoms with E-state index in [2.05, 4.69) is 16.5 Å². The maximum absolute atomic E-state index is 14.3. The van der Waals surface area contributed by atoms with E-state index in [0.29, 0.717) is 11.3 Å². The maximum atomic E-state index is 14.3. The van der Waals surface area contributed by atoms with Crippen LogP contribution in [0.5, 0.6) is 0 Å². The highest BCUT2D eigenvalue weighted by Crippen LogP contribution is 2.26. The van der Waals surface area contributed by atoms with Gasteiger partial charge < -0.3 is 10.6 Å². The maximum Gasteiger partial charge on any atom is 0.256 e. The second-order valence-corrected chi connectivity index (χ2v) is 6.91. The predicted octanol–water partition coefficient (Wildman–Crippen LogP) is 4.64. The molecule has 3 rings (SSSR count). The van der Waals surface area contributed by atoms with Crippen LogP contribution in [0.2, 0.25) is 0 Å². The second kappa shape index (κ2) is 9.30. The van der Waals surface area contributed by atoms with Crippen LogP contribution in [-0.4, -0.2) is 22.4 Å². The molecule has 0 aliphatic rings. The molecule has 0 atom stereocenters. The van der Waals surface area contributed by atoms with Crippen molar-refractivity contribution >= 4 is 17.3 Å². The average molecular weight is 420 g/mol. The minimum Gasteiger partial charge on any atom is -0.398 e. The first kappa shape index (κ1) is 21.8. The van der Waals surface area contributed by atoms with Crippen LogP contribution >= 0.6 is 0 Å². The molecule has 158 valence electrons. The van der Waals surface area contributed by atoms with Gasteiger partial charge in [-0.1, -0.05) is 6.08 Å². The van der Waals surface area contributed by atoms with Gasteiger partial charge in [0, 0.05) is 53.1 Å². The van der Waals surface area contributed by atoms with E-state index in [4.69, 9.17) is 5.73 Å². The summed E-state index contributed by atoms with van der Waals surface area (Å²) < 4.78 is 27.6. The number of nitrogens with two attached hydrogens (primary N) is 1. The summed E-state index contributed by atoms with van der Waals surface area (Å²) in [5.41, 5.74) is 9.50. The lowest BCUT2D eigenvalue weighted by Crippen LogP contribution is -2.33. The number of halogens is 2. The van der Waals surface area contributed by atoms with Crippen LogP contribution in [0.1, 0.15) is 18.2 Å². The van der Waals surface area contributed by atoms with Gasteiger partial charge in [0.25, 0.3) is 5.91 Å². The van der Waals surface area contributed by atoms with Crippen molar-refractivity contribution in [1.82, 2.24) is 9.97 Å². The Balaban J connectivity index is 1.98. The zero-order valence-corrected chi connectivity index (χ0v) is 17.3. The first-order valence-electron chi connectivity index (χ1n) is 9.56. The number of aryl methyl sites for hydroxylation is 1. The van der Waals surface area contributed by atoms with E-state index in [1.807, 2.05) is 12.1 Å². The molecule has 7 heteroatoms. The molecule has 0 saturated heterocycles. The van der Waals surface area contributed by atoms with Gasteiger partial charge in [-0.3, -0.25) is 14.8 Å². The number of anilines is 1. The molecular weight excluding hydrogens is 398 g/mol. The summed E-state index contributed by atoms with van der Waals surface area (Å²) >= 11 is 0. The Labute approximate surface area is 179 Å². The van der Waals surface area contributed by atoms with E-state index < -0.39 is 17.5 Å². The van der Waals surface area contributed by atoms with E-state index in [9.17, 15) is 13.6 Å². The molecule has 0 radical (unpaired) electrons. The van der Waals surface area contributed by atoms with Gasteiger partial charge in [0.15, 0.2) is 0 Å². The fourth-order valence-corrected chi connectivity index (χ4v) is 3.16. The predicted molar refractivity (Wildman–Crippen MR) is 118 cm³/mol. The topological polar surface area (TPSA) is 72.1 Å². The zero-order valence-electron chi connectivity index (χ0n) is 17.3. The fourth-order valence-electron chi connectivity index (χ4n) is 3.16. The van der Waals surface area contributed by atoms with E-state index in [1.165, 1.54) is 12.1 Å². The molecule has 31 heavy (non-hydrogen) atoms. The van der Waals surface area contributed by atoms with Crippen molar-refractivity contribution in [2.45, 2.75) is 13.8 Å². The number of rotatable bonds is 6. The molecular formula is C24H22F2N4O. The minimum absolute atomic E-state index is 0.0309. The molecule has 3 aromatic rings. The zero-order chi connectivity index (χ0) is 22.5. The highest BCUT2D eigenvalue weighted by Gasteiger charge is 2.22. The third-order valence-electron chi connectivity index (χ3n) is 4.82. The average Bonchev–Trinajstić information content (AvgIpc) is 2.77. The van der Waals surface area contributed by atoms with E-state index in [0.717, 1.165) is 28.3 Å². The van der Waals surface area contributed by atoms with Gasteiger partial charge in [-0.2, -0.15) is 0 Å². The molecule has 0 unspecified atom stereocenters. The summed E-state index contributed by atoms with van der Waals surface area (Å²) in [6, 6.07) is 10.3. The molecule has 0 bridgehead atoms. The summed E-state index contributed by atoms with van der Waals surface area (Å²) in [7, 11) is 0. The highest BCUT2D eigenvalue weighted by atomic mass is 19.1. The lowest BCUT2D eigenvalue weighted by Gasteiger charge is -2.23. The van der Waals surface area contributed by atoms with Gasteiger partial charge in [0.05, 0.1) is 11.4 Å². The van der Waals surface area contributed by atoms with Gasteiger partial charge in [-0.15, -0.1) is 6.58 Å². The second-order valence-electron chi connectivity index (χ2n) is 6.91. The Hall–Kier alpha value is -3.87. The summed E-state index contributed by atoms with van der Waals surface area (Å²) in [5.74, 6) is -2.09. The normalized spacial score (nSPS) is 11.6. The van der Waals surface area contributed by atoms with Gasteiger partial charge in [0.2, 0.25) is 0 Å². The smallest absolute Gasteiger partial charge is 0.256 e. The quantitative estimate of drug-likeness (QED) is 0.466. The van der Waals surface area contributed by atoms with Crippen LogP contribution in [0.15, 0.2) is 73.1 Å². The largest absolute Gasteiger partial charge is 0.398 e. The molecule has 2 aromatic heterocycles. The van der Waals surface area contributed by atoms with Crippen LogP contribution in [0.4, 0.5) is 14.5 Å². The number of pyridine rings is 2. The fraction of sp³-hybridized carbons (Fsp3) is 0.125. The molecule has 0 spiro atoms. The number of amides is 1. The summed E-state index contributed by atoms with van der Waals surface area (Å²) in [4.78, 5) is 23.0. The van der Waals surface area contributed by atoms with Crippen molar-refractivity contribution in [2.24, 2.45) is 5.73 Å². The third kappa shape index (κ3) is 4.66. The molecule has 5 nitrogen and oxygen atoms in total. The van der Waals surface area contributed by atoms with Crippen molar-refractivity contribution in [2.75, 3.05) is 11.4 Å². The number of carbonyl (C=O) groups is 1. The molecule has 0 saturated carbocycles. The molecule has 2 heterocycles. The Morgan fingerprint density at radius 2 is 2.00 bits per heavy atom. The number of aromatic nitrogens is 2. The van der Waals surface area contributed by atoms with Crippen LogP contribution < -0.4 is 10.6 Å². The molecule has 1 aromatic carbocycles. The first-order chi connectivity index (χ1) is 14.8. The van der Waals surface area contributed by atoms with Crippen molar-refractivity contribution in [3.8, 4) is 11.3 Å². The minimum atomic E-state index is -0.847. The van der Waals surface area contributed by atoms with Crippen LogP contribution in [0.3, 0.4) is 0 Å². The lowest BCUT2D eigenvalue weighted by atomic mass is 10.0.